The second-order valence-corrected chi connectivity index (χ2v) is 19.7. The van der Waals surface area contributed by atoms with Gasteiger partial charge in [-0.3, -0.25) is 0 Å². The van der Waals surface area contributed by atoms with E-state index in [0.29, 0.717) is 94.1 Å². The van der Waals surface area contributed by atoms with E-state index in [4.69, 9.17) is 18.9 Å². The smallest absolute Gasteiger partial charge is 0.432 e. The number of halogens is 18. The van der Waals surface area contributed by atoms with Gasteiger partial charge in [0.05, 0.1) is 19.3 Å². The highest BCUT2D eigenvalue weighted by Crippen LogP contribution is 3.03. The molecule has 2 unspecified atom stereocenters. The van der Waals surface area contributed by atoms with Crippen molar-refractivity contribution in [3.8, 4) is 39.5 Å². The molecule has 25 heteroatoms. The lowest BCUT2D eigenvalue weighted by molar-refractivity contribution is -0.267. The molecule has 0 aliphatic heterocycles. The summed E-state index contributed by atoms with van der Waals surface area (Å²) in [5.74, 6) is -19.1. The number of hydrogen-bond donors (Lipinski definition) is 0. The summed E-state index contributed by atoms with van der Waals surface area (Å²) in [7, 11) is -10.9. The third kappa shape index (κ3) is 16.3. The Morgan fingerprint density at radius 3 is 1.32 bits per heavy atom. The third-order valence-corrected chi connectivity index (χ3v) is 12.5. The van der Waals surface area contributed by atoms with Crippen LogP contribution < -0.4 is 14.2 Å². The average Bonchev–Trinajstić information content (AvgIpc) is 3.30. The summed E-state index contributed by atoms with van der Waals surface area (Å²) >= 11 is 0. The van der Waals surface area contributed by atoms with Crippen molar-refractivity contribution in [3.63, 3.8) is 0 Å². The predicted molar refractivity (Wildman–Crippen MR) is 248 cm³/mol. The van der Waals surface area contributed by atoms with Gasteiger partial charge in [-0.2, -0.15) is 17.6 Å². The molecule has 0 radical (unpaired) electrons. The molecule has 5 aromatic carbocycles. The van der Waals surface area contributed by atoms with Crippen molar-refractivity contribution < 1.29 is 105 Å². The van der Waals surface area contributed by atoms with E-state index in [1.807, 2.05) is 6.92 Å². The Bertz CT molecular complexity index is 2850. The minimum Gasteiger partial charge on any atom is -0.494 e. The summed E-state index contributed by atoms with van der Waals surface area (Å²) in [5.41, 5.74) is -3.84. The van der Waals surface area contributed by atoms with Crippen molar-refractivity contribution >= 4 is 10.2 Å². The number of alkyl halides is 4. The maximum absolute atomic E-state index is 15.0. The van der Waals surface area contributed by atoms with Gasteiger partial charge in [0.15, 0.2) is 28.6 Å². The molecule has 0 heterocycles. The minimum absolute atomic E-state index is 0.103. The highest BCUT2D eigenvalue weighted by atomic mass is 32.5. The molecule has 6 rings (SSSR count). The van der Waals surface area contributed by atoms with Crippen molar-refractivity contribution in [2.24, 2.45) is 0 Å². The van der Waals surface area contributed by atoms with Crippen LogP contribution in [0.1, 0.15) is 75.8 Å². The molecule has 0 fully saturated rings. The predicted octanol–water partition coefficient (Wildman–Crippen LogP) is 18.3. The molecule has 0 amide bonds. The van der Waals surface area contributed by atoms with Crippen LogP contribution in [-0.4, -0.2) is 38.8 Å². The van der Waals surface area contributed by atoms with Crippen LogP contribution in [0.25, 0.3) is 22.3 Å². The van der Waals surface area contributed by atoms with Crippen LogP contribution in [0.15, 0.2) is 108 Å². The Labute approximate surface area is 428 Å². The Hall–Kier alpha value is -6.05. The number of hydrogen-bond acceptors (Lipinski definition) is 6. The maximum Gasteiger partial charge on any atom is 0.432 e. The normalized spacial score (nSPS) is 15.7. The van der Waals surface area contributed by atoms with Gasteiger partial charge in [-0.25, -0.2) is 39.5 Å². The monoisotopic (exact) mass is 1140 g/mol. The molecule has 0 spiro atoms. The lowest BCUT2D eigenvalue weighted by atomic mass is 10.0. The van der Waals surface area contributed by atoms with Crippen LogP contribution in [0, 0.1) is 40.7 Å². The quantitative estimate of drug-likeness (QED) is 0.0226. The largest absolute Gasteiger partial charge is 0.494 e. The molecule has 5 aromatic rings. The molecule has 0 bridgehead atoms. The first-order valence-corrected chi connectivity index (χ1v) is 25.4. The molecule has 77 heavy (non-hydrogen) atoms. The molecule has 422 valence electrons. The third-order valence-electron chi connectivity index (χ3n) is 11.4. The van der Waals surface area contributed by atoms with Crippen LogP contribution >= 0.6 is 10.2 Å². The summed E-state index contributed by atoms with van der Waals surface area (Å²) in [4.78, 5) is -3.53. The Morgan fingerprint density at radius 1 is 0.506 bits per heavy atom. The minimum atomic E-state index is -10.9. The molecule has 2 atom stereocenters. The number of benzene rings is 5. The van der Waals surface area contributed by atoms with Gasteiger partial charge in [0.1, 0.15) is 63.3 Å². The molecular weight excluding hydrogens is 1090 g/mol. The van der Waals surface area contributed by atoms with E-state index in [2.05, 4.69) is 9.47 Å². The molecule has 0 saturated heterocycles. The fraction of sp³-hybridized carbons (Fsp3) is 0.346. The van der Waals surface area contributed by atoms with Crippen LogP contribution in [0.3, 0.4) is 0 Å². The molecular formula is C52H46F18O6S. The Kier molecular flexibility index (Phi) is 18.7. The SMILES string of the molecule is CCCC(OCCCCCOc1ccc(-c2cc(F)c(C(F)(F)Oc3cc(F)c(F)c(F)c3)c(F)c2)cc1)OCCCCCOc1ccc(-c2cc(F)c(C(F)(F)OC3C=C(F)C(S(F)(F)(F)(F)F)=C(F)C3)c(F)c2)cc1. The highest BCUT2D eigenvalue weighted by molar-refractivity contribution is 8.48. The second kappa shape index (κ2) is 23.9. The first kappa shape index (κ1) is 60.2. The zero-order valence-electron chi connectivity index (χ0n) is 40.2. The van der Waals surface area contributed by atoms with E-state index in [0.717, 1.165) is 12.8 Å². The maximum atomic E-state index is 15.0. The molecule has 0 N–H and O–H groups in total. The van der Waals surface area contributed by atoms with Gasteiger partial charge < -0.3 is 28.4 Å². The first-order chi connectivity index (χ1) is 36.0. The zero-order chi connectivity index (χ0) is 56.6. The number of rotatable bonds is 27. The molecule has 6 nitrogen and oxygen atoms in total. The first-order valence-electron chi connectivity index (χ1n) is 23.4. The van der Waals surface area contributed by atoms with Crippen LogP contribution in [0.4, 0.5) is 76.5 Å². The van der Waals surface area contributed by atoms with E-state index >= 15 is 0 Å². The summed E-state index contributed by atoms with van der Waals surface area (Å²) < 4.78 is 284. The van der Waals surface area contributed by atoms with E-state index in [9.17, 15) is 76.5 Å². The summed E-state index contributed by atoms with van der Waals surface area (Å²) in [5, 5.41) is 0. The number of allylic oxidation sites excluding steroid dienone is 1. The fourth-order valence-corrected chi connectivity index (χ4v) is 8.69. The lowest BCUT2D eigenvalue weighted by Gasteiger charge is -2.43. The fourth-order valence-electron chi connectivity index (χ4n) is 7.75. The van der Waals surface area contributed by atoms with Crippen molar-refractivity contribution in [2.75, 3.05) is 26.4 Å². The Morgan fingerprint density at radius 2 is 0.922 bits per heavy atom. The molecule has 1 aliphatic carbocycles. The highest BCUT2D eigenvalue weighted by Gasteiger charge is 2.70. The van der Waals surface area contributed by atoms with E-state index in [-0.39, 0.29) is 41.0 Å². The molecule has 1 aliphatic rings. The van der Waals surface area contributed by atoms with Gasteiger partial charge in [-0.15, -0.1) is 0 Å². The van der Waals surface area contributed by atoms with Gasteiger partial charge in [0, 0.05) is 31.8 Å². The van der Waals surface area contributed by atoms with Crippen molar-refractivity contribution in [1.82, 2.24) is 0 Å². The van der Waals surface area contributed by atoms with E-state index in [1.54, 1.807) is 0 Å². The lowest BCUT2D eigenvalue weighted by Crippen LogP contribution is -2.29. The van der Waals surface area contributed by atoms with Gasteiger partial charge in [0.2, 0.25) is 0 Å². The zero-order valence-corrected chi connectivity index (χ0v) is 41.0. The molecule has 0 saturated carbocycles. The van der Waals surface area contributed by atoms with Gasteiger partial charge in [-0.1, -0.05) is 57.0 Å². The van der Waals surface area contributed by atoms with Crippen molar-refractivity contribution in [1.29, 1.82) is 0 Å². The van der Waals surface area contributed by atoms with E-state index < -0.39 is 121 Å². The summed E-state index contributed by atoms with van der Waals surface area (Å²) in [6.45, 7) is 3.39. The molecule has 0 aromatic heterocycles. The van der Waals surface area contributed by atoms with Crippen molar-refractivity contribution in [2.45, 2.75) is 89.3 Å². The van der Waals surface area contributed by atoms with Gasteiger partial charge in [-0.05, 0) is 122 Å². The standard InChI is InChI=1S/C52H46F18O6S/c1-2-9-46(73-20-7-3-5-18-71-34-14-10-30(11-15-34)32-22-38(53)47(39(54)23-32)51(62,63)75-36-26-42(57)49(61)43(58)27-36)74-21-8-4-6-19-72-35-16-12-31(13-17-35)33-24-40(55)48(41(56)25-33)52(64,65)76-37-28-44(59)50(45(60)29-37)77(66,67,68,69)70/h10-17,22-28,37,46H,2-9,18-21,29H2,1H3. The van der Waals surface area contributed by atoms with Crippen LogP contribution in [-0.2, 0) is 26.4 Å². The second-order valence-electron chi connectivity index (χ2n) is 17.4. The van der Waals surface area contributed by atoms with Crippen LogP contribution in [0.2, 0.25) is 0 Å². The van der Waals surface area contributed by atoms with Gasteiger partial charge >= 0.3 is 22.4 Å². The van der Waals surface area contributed by atoms with E-state index in [1.165, 1.54) is 48.5 Å². The van der Waals surface area contributed by atoms with Crippen LogP contribution in [0.5, 0.6) is 17.2 Å². The summed E-state index contributed by atoms with van der Waals surface area (Å²) in [6, 6.07) is 14.0. The summed E-state index contributed by atoms with van der Waals surface area (Å²) in [6.07, 6.45) is -9.72. The number of ether oxygens (including phenoxy) is 6. The topological polar surface area (TPSA) is 55.4 Å². The Balaban J connectivity index is 0.851. The van der Waals surface area contributed by atoms with Gasteiger partial charge in [0.25, 0.3) is 0 Å². The average molecular weight is 1140 g/mol. The number of unbranched alkanes of at least 4 members (excludes halogenated alkanes) is 4. The van der Waals surface area contributed by atoms with Crippen molar-refractivity contribution in [3.05, 3.63) is 159 Å².